The molecule has 372 valence electrons. The molecule has 21 heteroatoms. The zero-order valence-electron chi connectivity index (χ0n) is 39.4. The summed E-state index contributed by atoms with van der Waals surface area (Å²) in [5.74, 6) is -3.56. The van der Waals surface area contributed by atoms with Crippen molar-refractivity contribution < 1.29 is 57.2 Å². The van der Waals surface area contributed by atoms with Gasteiger partial charge in [-0.15, -0.1) is 0 Å². The van der Waals surface area contributed by atoms with Gasteiger partial charge in [0.15, 0.2) is 17.1 Å². The summed E-state index contributed by atoms with van der Waals surface area (Å²) in [5, 5.41) is 18.2. The van der Waals surface area contributed by atoms with Crippen molar-refractivity contribution in [2.45, 2.75) is 86.0 Å². The molecule has 2 N–H and O–H groups in total. The number of hydrogen-bond acceptors (Lipinski definition) is 17. The van der Waals surface area contributed by atoms with Gasteiger partial charge in [-0.3, -0.25) is 9.59 Å². The molecule has 0 saturated carbocycles. The van der Waals surface area contributed by atoms with Crippen molar-refractivity contribution in [1.29, 1.82) is 5.26 Å². The average molecular weight is 1040 g/mol. The van der Waals surface area contributed by atoms with E-state index in [1.54, 1.807) is 0 Å². The Bertz CT molecular complexity index is 2570. The molecule has 0 spiro atoms. The highest BCUT2D eigenvalue weighted by Crippen LogP contribution is 2.68. The molecular weight excluding hydrogens is 991 g/mol. The number of carbonyl (C=O) groups is 7. The number of hydrogen-bond donors (Lipinski definition) is 2. The number of nitrogens with zero attached hydrogens (tertiary/aromatic N) is 3. The molecule has 1 fully saturated rings. The number of nitrogens with one attached hydrogen (secondary N) is 2. The van der Waals surface area contributed by atoms with Crippen LogP contribution in [0.4, 0.5) is 9.59 Å². The quantitative estimate of drug-likeness (QED) is 0.0254. The average Bonchev–Trinajstić information content (AvgIpc) is 4.05. The highest BCUT2D eigenvalue weighted by atomic mass is 32.2. The summed E-state index contributed by atoms with van der Waals surface area (Å²) in [5.41, 5.74) is 1.31. The van der Waals surface area contributed by atoms with Crippen LogP contribution >= 0.6 is 47.0 Å². The number of rotatable bonds is 21. The standard InChI is InChI=1S/C50H51N5O12S4/c1-7-9-16-31(8-2)28-65-46(60)34(25-51)47-68-38-36(66-49(61)52-21-23-63-44(58)29(3)4)40-41(37(39(38)69-47)67-50(62)53-22-24-64-45(59)30(5)6)71-48(70-40)35-42(56)54(26-32-17-12-10-13-18-32)55(43(35)57)27-33-19-14-11-15-20-33/h10-15,17-20,31H,3,5,7-9,16,21-24,26-28H2,1-2,4,6H3,(H,52,61)(H,53,62). The van der Waals surface area contributed by atoms with E-state index >= 15 is 0 Å². The first-order chi connectivity index (χ1) is 34.1. The molecule has 71 heavy (non-hydrogen) atoms. The van der Waals surface area contributed by atoms with E-state index in [1.165, 1.54) is 23.9 Å². The third-order valence-electron chi connectivity index (χ3n) is 10.6. The molecule has 3 heterocycles. The van der Waals surface area contributed by atoms with Crippen molar-refractivity contribution in [2.75, 3.05) is 32.9 Å². The topological polar surface area (TPSA) is 220 Å². The van der Waals surface area contributed by atoms with Crippen molar-refractivity contribution in [3.63, 3.8) is 0 Å². The van der Waals surface area contributed by atoms with Crippen LogP contribution in [0.5, 0.6) is 11.5 Å². The van der Waals surface area contributed by atoms with Gasteiger partial charge in [-0.1, -0.05) is 154 Å². The predicted molar refractivity (Wildman–Crippen MR) is 267 cm³/mol. The predicted octanol–water partition coefficient (Wildman–Crippen LogP) is 9.19. The lowest BCUT2D eigenvalue weighted by Gasteiger charge is -2.27. The number of thioether (sulfide) groups is 4. The van der Waals surface area contributed by atoms with E-state index in [0.29, 0.717) is 0 Å². The third-order valence-corrected chi connectivity index (χ3v) is 15.8. The van der Waals surface area contributed by atoms with Crippen LogP contribution < -0.4 is 20.1 Å². The lowest BCUT2D eigenvalue weighted by Crippen LogP contribution is -2.39. The number of carbonyl (C=O) groups excluding carboxylic acids is 7. The smallest absolute Gasteiger partial charge is 0.412 e. The van der Waals surface area contributed by atoms with Crippen molar-refractivity contribution in [1.82, 2.24) is 20.7 Å². The zero-order valence-corrected chi connectivity index (χ0v) is 42.7. The second-order valence-electron chi connectivity index (χ2n) is 16.0. The summed E-state index contributed by atoms with van der Waals surface area (Å²) < 4.78 is 28.3. The summed E-state index contributed by atoms with van der Waals surface area (Å²) in [7, 11) is 0. The SMILES string of the molecule is C=C(C)C(=O)OCCNC(=O)Oc1c2c(c(OC(=O)NCCOC(=O)C(=C)C)c3c1SC(=C1C(=O)N(Cc4ccccc4)N(Cc4ccccc4)C1=O)S3)SC(=C(C#N)C(=O)OCC(CC)CCCC)S2. The van der Waals surface area contributed by atoms with Crippen molar-refractivity contribution in [2.24, 2.45) is 5.92 Å². The molecule has 3 aromatic rings. The molecule has 4 amide bonds. The van der Waals surface area contributed by atoms with Gasteiger partial charge >= 0.3 is 30.1 Å². The summed E-state index contributed by atoms with van der Waals surface area (Å²) in [6, 6.07) is 20.3. The van der Waals surface area contributed by atoms with Crippen molar-refractivity contribution in [3.8, 4) is 17.6 Å². The number of ether oxygens (including phenoxy) is 5. The first-order valence-corrected chi connectivity index (χ1v) is 25.7. The van der Waals surface area contributed by atoms with Gasteiger partial charge in [0.1, 0.15) is 24.9 Å². The molecular formula is C50H51N5O12S4. The molecule has 17 nitrogen and oxygen atoms in total. The maximum absolute atomic E-state index is 14.7. The first-order valence-electron chi connectivity index (χ1n) is 22.4. The Kier molecular flexibility index (Phi) is 19.3. The van der Waals surface area contributed by atoms with Crippen molar-refractivity contribution >= 4 is 89.0 Å². The van der Waals surface area contributed by atoms with Gasteiger partial charge in [0.2, 0.25) is 0 Å². The Hall–Kier alpha value is -6.60. The zero-order chi connectivity index (χ0) is 51.2. The molecule has 3 aliphatic rings. The van der Waals surface area contributed by atoms with Gasteiger partial charge in [-0.2, -0.15) is 5.26 Å². The van der Waals surface area contributed by atoms with Gasteiger partial charge in [0, 0.05) is 11.1 Å². The molecule has 1 saturated heterocycles. The van der Waals surface area contributed by atoms with Crippen LogP contribution in [0, 0.1) is 17.2 Å². The molecule has 0 aliphatic carbocycles. The second kappa shape index (κ2) is 25.5. The molecule has 3 aromatic carbocycles. The molecule has 6 rings (SSSR count). The van der Waals surface area contributed by atoms with Crippen LogP contribution in [-0.2, 0) is 51.3 Å². The fourth-order valence-corrected chi connectivity index (χ4v) is 12.2. The van der Waals surface area contributed by atoms with Crippen molar-refractivity contribution in [3.05, 3.63) is 116 Å². The number of hydrazine groups is 1. The summed E-state index contributed by atoms with van der Waals surface area (Å²) in [6.45, 7) is 13.5. The van der Waals surface area contributed by atoms with E-state index in [1.807, 2.05) is 73.7 Å². The van der Waals surface area contributed by atoms with Gasteiger partial charge in [0.05, 0.1) is 60.8 Å². The Labute approximate surface area is 428 Å². The minimum absolute atomic E-state index is 0.0575. The summed E-state index contributed by atoms with van der Waals surface area (Å²) >= 11 is 3.65. The summed E-state index contributed by atoms with van der Waals surface area (Å²) in [4.78, 5) is 94.9. The maximum Gasteiger partial charge on any atom is 0.412 e. The maximum atomic E-state index is 14.7. The molecule has 0 radical (unpaired) electrons. The van der Waals surface area contributed by atoms with E-state index in [0.717, 1.165) is 83.9 Å². The molecule has 1 atom stereocenters. The van der Waals surface area contributed by atoms with Crippen LogP contribution in [0.2, 0.25) is 0 Å². The number of amides is 4. The lowest BCUT2D eigenvalue weighted by molar-refractivity contribution is -0.149. The van der Waals surface area contributed by atoms with E-state index in [2.05, 4.69) is 30.7 Å². The Morgan fingerprint density at radius 3 is 1.54 bits per heavy atom. The van der Waals surface area contributed by atoms with Crippen LogP contribution in [-0.4, -0.2) is 84.8 Å². The van der Waals surface area contributed by atoms with Gasteiger partial charge < -0.3 is 34.3 Å². The van der Waals surface area contributed by atoms with E-state index < -0.39 is 41.9 Å². The Morgan fingerprint density at radius 1 is 0.676 bits per heavy atom. The molecule has 0 aromatic heterocycles. The highest BCUT2D eigenvalue weighted by Gasteiger charge is 2.47. The number of esters is 3. The third kappa shape index (κ3) is 13.6. The van der Waals surface area contributed by atoms with Crippen LogP contribution in [0.15, 0.2) is 124 Å². The summed E-state index contributed by atoms with van der Waals surface area (Å²) in [6.07, 6.45) is 1.49. The fourth-order valence-electron chi connectivity index (χ4n) is 6.80. The molecule has 0 bridgehead atoms. The number of nitriles is 1. The molecule has 3 aliphatic heterocycles. The van der Waals surface area contributed by atoms with E-state index in [9.17, 15) is 38.8 Å². The van der Waals surface area contributed by atoms with Gasteiger partial charge in [-0.25, -0.2) is 34.0 Å². The van der Waals surface area contributed by atoms with E-state index in [4.69, 9.17) is 23.7 Å². The van der Waals surface area contributed by atoms with E-state index in [-0.39, 0.29) is 114 Å². The minimum Gasteiger partial charge on any atom is -0.461 e. The second-order valence-corrected chi connectivity index (χ2v) is 20.6. The van der Waals surface area contributed by atoms with Crippen LogP contribution in [0.25, 0.3) is 0 Å². The number of fused-ring (bicyclic) bond motifs is 2. The lowest BCUT2D eigenvalue weighted by atomic mass is 10.0. The first kappa shape index (κ1) is 53.7. The fraction of sp³-hybridized carbons (Fsp3) is 0.320. The van der Waals surface area contributed by atoms with Gasteiger partial charge in [-0.05, 0) is 37.3 Å². The number of unbranched alkanes of at least 4 members (excludes halogenated alkanes) is 1. The number of benzene rings is 3. The van der Waals surface area contributed by atoms with Crippen LogP contribution in [0.1, 0.15) is 64.5 Å². The van der Waals surface area contributed by atoms with Gasteiger partial charge in [0.25, 0.3) is 11.8 Å². The Morgan fingerprint density at radius 2 is 1.13 bits per heavy atom. The minimum atomic E-state index is -1.00. The van der Waals surface area contributed by atoms with Crippen LogP contribution in [0.3, 0.4) is 0 Å². The highest BCUT2D eigenvalue weighted by molar-refractivity contribution is 8.26. The normalized spacial score (nSPS) is 14.0. The largest absolute Gasteiger partial charge is 0.461 e. The molecule has 1 unspecified atom stereocenters. The monoisotopic (exact) mass is 1040 g/mol. The Balaban J connectivity index is 1.44.